The van der Waals surface area contributed by atoms with Gasteiger partial charge in [0, 0.05) is 37.6 Å². The van der Waals surface area contributed by atoms with E-state index in [9.17, 15) is 0 Å². The molecule has 1 heterocycles. The number of anilines is 2. The SMILES string of the molecule is CN(C)CCNCC1CCN(c2ccc(N)cc2)CC1. The Morgan fingerprint density at radius 1 is 1.20 bits per heavy atom. The maximum atomic E-state index is 5.74. The zero-order valence-corrected chi connectivity index (χ0v) is 12.8. The van der Waals surface area contributed by atoms with Gasteiger partial charge in [-0.25, -0.2) is 0 Å². The van der Waals surface area contributed by atoms with Gasteiger partial charge in [-0.2, -0.15) is 0 Å². The number of benzene rings is 1. The molecule has 0 saturated carbocycles. The fraction of sp³-hybridized carbons (Fsp3) is 0.625. The molecule has 1 fully saturated rings. The minimum absolute atomic E-state index is 0.821. The third-order valence-electron chi connectivity index (χ3n) is 4.04. The zero-order chi connectivity index (χ0) is 14.4. The van der Waals surface area contributed by atoms with Gasteiger partial charge in [0.25, 0.3) is 0 Å². The van der Waals surface area contributed by atoms with Gasteiger partial charge in [-0.3, -0.25) is 0 Å². The Morgan fingerprint density at radius 3 is 2.45 bits per heavy atom. The predicted octanol–water partition coefficient (Wildman–Crippen LogP) is 1.64. The topological polar surface area (TPSA) is 44.5 Å². The number of nitrogens with zero attached hydrogens (tertiary/aromatic N) is 2. The number of rotatable bonds is 6. The van der Waals surface area contributed by atoms with E-state index in [1.165, 1.54) is 18.5 Å². The first-order valence-electron chi connectivity index (χ1n) is 7.61. The highest BCUT2D eigenvalue weighted by molar-refractivity contribution is 5.53. The molecule has 0 bridgehead atoms. The Labute approximate surface area is 122 Å². The average molecular weight is 276 g/mol. The quantitative estimate of drug-likeness (QED) is 0.612. The van der Waals surface area contributed by atoms with Crippen molar-refractivity contribution < 1.29 is 0 Å². The molecule has 2 rings (SSSR count). The Kier molecular flexibility index (Phi) is 5.68. The normalized spacial score (nSPS) is 16.9. The molecule has 0 aliphatic carbocycles. The van der Waals surface area contributed by atoms with E-state index in [1.54, 1.807) is 0 Å². The third-order valence-corrected chi connectivity index (χ3v) is 4.04. The van der Waals surface area contributed by atoms with E-state index in [2.05, 4.69) is 41.3 Å². The van der Waals surface area contributed by atoms with Crippen LogP contribution in [0.4, 0.5) is 11.4 Å². The Balaban J connectivity index is 1.68. The molecule has 4 nitrogen and oxygen atoms in total. The average Bonchev–Trinajstić information content (AvgIpc) is 2.45. The van der Waals surface area contributed by atoms with Gasteiger partial charge in [0.2, 0.25) is 0 Å². The molecule has 0 amide bonds. The number of likely N-dealkylation sites (N-methyl/N-ethyl adjacent to an activating group) is 1. The van der Waals surface area contributed by atoms with Crippen molar-refractivity contribution in [1.82, 2.24) is 10.2 Å². The molecule has 1 aliphatic rings. The summed E-state index contributed by atoms with van der Waals surface area (Å²) in [6.07, 6.45) is 2.55. The van der Waals surface area contributed by atoms with Gasteiger partial charge in [0.05, 0.1) is 0 Å². The second kappa shape index (κ2) is 7.50. The summed E-state index contributed by atoms with van der Waals surface area (Å²) < 4.78 is 0. The van der Waals surface area contributed by atoms with Crippen LogP contribution in [-0.4, -0.2) is 51.7 Å². The van der Waals surface area contributed by atoms with Crippen LogP contribution in [0.25, 0.3) is 0 Å². The highest BCUT2D eigenvalue weighted by Gasteiger charge is 2.18. The number of hydrogen-bond acceptors (Lipinski definition) is 4. The van der Waals surface area contributed by atoms with E-state index in [1.807, 2.05) is 12.1 Å². The van der Waals surface area contributed by atoms with Crippen molar-refractivity contribution in [3.63, 3.8) is 0 Å². The van der Waals surface area contributed by atoms with Crippen molar-refractivity contribution in [2.45, 2.75) is 12.8 Å². The molecule has 0 aromatic heterocycles. The lowest BCUT2D eigenvalue weighted by atomic mass is 9.96. The van der Waals surface area contributed by atoms with Crippen LogP contribution < -0.4 is 16.0 Å². The molecule has 0 spiro atoms. The summed E-state index contributed by atoms with van der Waals surface area (Å²) >= 11 is 0. The highest BCUT2D eigenvalue weighted by atomic mass is 15.1. The molecular formula is C16H28N4. The first kappa shape index (κ1) is 15.1. The monoisotopic (exact) mass is 276 g/mol. The van der Waals surface area contributed by atoms with Crippen LogP contribution in [0.15, 0.2) is 24.3 Å². The van der Waals surface area contributed by atoms with E-state index in [-0.39, 0.29) is 0 Å². The van der Waals surface area contributed by atoms with Crippen LogP contribution in [0.3, 0.4) is 0 Å². The zero-order valence-electron chi connectivity index (χ0n) is 12.8. The van der Waals surface area contributed by atoms with Gasteiger partial charge in [0.1, 0.15) is 0 Å². The summed E-state index contributed by atoms with van der Waals surface area (Å²) in [7, 11) is 4.24. The summed E-state index contributed by atoms with van der Waals surface area (Å²) in [6.45, 7) is 5.67. The summed E-state index contributed by atoms with van der Waals surface area (Å²) in [5.41, 5.74) is 7.88. The molecule has 4 heteroatoms. The molecule has 1 aromatic carbocycles. The van der Waals surface area contributed by atoms with Gasteiger partial charge in [-0.15, -0.1) is 0 Å². The number of nitrogens with two attached hydrogens (primary N) is 1. The number of hydrogen-bond donors (Lipinski definition) is 2. The second-order valence-electron chi connectivity index (χ2n) is 6.03. The maximum Gasteiger partial charge on any atom is 0.0367 e. The maximum absolute atomic E-state index is 5.74. The van der Waals surface area contributed by atoms with Crippen LogP contribution in [-0.2, 0) is 0 Å². The smallest absolute Gasteiger partial charge is 0.0367 e. The fourth-order valence-corrected chi connectivity index (χ4v) is 2.69. The molecule has 1 aliphatic heterocycles. The highest BCUT2D eigenvalue weighted by Crippen LogP contribution is 2.23. The molecule has 1 saturated heterocycles. The molecule has 0 radical (unpaired) electrons. The van der Waals surface area contributed by atoms with E-state index < -0.39 is 0 Å². The summed E-state index contributed by atoms with van der Waals surface area (Å²) in [5, 5.41) is 3.57. The van der Waals surface area contributed by atoms with Crippen LogP contribution in [0.2, 0.25) is 0 Å². The van der Waals surface area contributed by atoms with E-state index >= 15 is 0 Å². The Morgan fingerprint density at radius 2 is 1.85 bits per heavy atom. The Hall–Kier alpha value is -1.26. The lowest BCUT2D eigenvalue weighted by molar-refractivity contribution is 0.357. The van der Waals surface area contributed by atoms with Crippen LogP contribution in [0.1, 0.15) is 12.8 Å². The molecular weight excluding hydrogens is 248 g/mol. The largest absolute Gasteiger partial charge is 0.399 e. The molecule has 1 aromatic rings. The van der Waals surface area contributed by atoms with Gasteiger partial charge in [0.15, 0.2) is 0 Å². The summed E-state index contributed by atoms with van der Waals surface area (Å²) in [6, 6.07) is 8.24. The van der Waals surface area contributed by atoms with Gasteiger partial charge >= 0.3 is 0 Å². The third kappa shape index (κ3) is 4.69. The second-order valence-corrected chi connectivity index (χ2v) is 6.03. The lowest BCUT2D eigenvalue weighted by Gasteiger charge is -2.33. The van der Waals surface area contributed by atoms with Crippen LogP contribution >= 0.6 is 0 Å². The minimum Gasteiger partial charge on any atom is -0.399 e. The van der Waals surface area contributed by atoms with Crippen LogP contribution in [0.5, 0.6) is 0 Å². The summed E-state index contributed by atoms with van der Waals surface area (Å²) in [4.78, 5) is 4.69. The molecule has 0 atom stereocenters. The number of nitrogens with one attached hydrogen (secondary N) is 1. The van der Waals surface area contributed by atoms with Crippen molar-refractivity contribution >= 4 is 11.4 Å². The van der Waals surface area contributed by atoms with E-state index in [4.69, 9.17) is 5.73 Å². The fourth-order valence-electron chi connectivity index (χ4n) is 2.69. The first-order valence-corrected chi connectivity index (χ1v) is 7.61. The van der Waals surface area contributed by atoms with Crippen molar-refractivity contribution in [1.29, 1.82) is 0 Å². The Bertz CT molecular complexity index is 380. The number of nitrogen functional groups attached to an aromatic ring is 1. The molecule has 0 unspecified atom stereocenters. The van der Waals surface area contributed by atoms with Crippen LogP contribution in [0, 0.1) is 5.92 Å². The standard InChI is InChI=1S/C16H28N4/c1-19(2)12-9-18-13-14-7-10-20(11-8-14)16-5-3-15(17)4-6-16/h3-6,14,18H,7-13,17H2,1-2H3. The van der Waals surface area contributed by atoms with Gasteiger partial charge in [-0.1, -0.05) is 0 Å². The predicted molar refractivity (Wildman–Crippen MR) is 87.2 cm³/mol. The van der Waals surface area contributed by atoms with Gasteiger partial charge < -0.3 is 20.9 Å². The minimum atomic E-state index is 0.821. The van der Waals surface area contributed by atoms with Crippen molar-refractivity contribution in [3.8, 4) is 0 Å². The van der Waals surface area contributed by atoms with E-state index in [0.29, 0.717) is 0 Å². The first-order chi connectivity index (χ1) is 9.65. The van der Waals surface area contributed by atoms with Crippen molar-refractivity contribution in [2.24, 2.45) is 5.92 Å². The number of piperidine rings is 1. The lowest BCUT2D eigenvalue weighted by Crippen LogP contribution is -2.38. The van der Waals surface area contributed by atoms with Crippen molar-refractivity contribution in [3.05, 3.63) is 24.3 Å². The van der Waals surface area contributed by atoms with E-state index in [0.717, 1.165) is 44.3 Å². The molecule has 20 heavy (non-hydrogen) atoms. The van der Waals surface area contributed by atoms with Gasteiger partial charge in [-0.05, 0) is 63.7 Å². The van der Waals surface area contributed by atoms with Crippen molar-refractivity contribution in [2.75, 3.05) is 57.5 Å². The molecule has 112 valence electrons. The molecule has 3 N–H and O–H groups in total. The summed E-state index contributed by atoms with van der Waals surface area (Å²) in [5.74, 6) is 0.821.